The smallest absolute Gasteiger partial charge is 0.305 e. The van der Waals surface area contributed by atoms with Crippen LogP contribution in [0.15, 0.2) is 24.3 Å². The number of aliphatic carboxylic acids is 1. The number of Topliss-reactive ketones (excluding diaryl/α,β-unsaturated/α-hetero) is 1. The highest BCUT2D eigenvalue weighted by molar-refractivity contribution is 5.97. The van der Waals surface area contributed by atoms with Crippen LogP contribution in [0.5, 0.6) is 0 Å². The molecule has 0 heterocycles. The fourth-order valence-corrected chi connectivity index (χ4v) is 1.68. The third-order valence-electron chi connectivity index (χ3n) is 2.72. The van der Waals surface area contributed by atoms with Crippen LogP contribution in [-0.2, 0) is 4.79 Å². The SMILES string of the molecule is CCN(CCC(=O)O)c1ccc(C(=O)CN)cc1. The number of benzene rings is 1. The number of ketones is 1. The number of hydrogen-bond donors (Lipinski definition) is 2. The molecule has 0 radical (unpaired) electrons. The monoisotopic (exact) mass is 250 g/mol. The maximum Gasteiger partial charge on any atom is 0.305 e. The Hall–Kier alpha value is -1.88. The van der Waals surface area contributed by atoms with Crippen LogP contribution in [0.4, 0.5) is 5.69 Å². The molecule has 0 amide bonds. The highest BCUT2D eigenvalue weighted by atomic mass is 16.4. The summed E-state index contributed by atoms with van der Waals surface area (Å²) in [6.07, 6.45) is 0.0946. The molecular weight excluding hydrogens is 232 g/mol. The maximum absolute atomic E-state index is 11.4. The summed E-state index contributed by atoms with van der Waals surface area (Å²) in [6.45, 7) is 3.13. The van der Waals surface area contributed by atoms with E-state index < -0.39 is 5.97 Å². The predicted octanol–water partition coefficient (Wildman–Crippen LogP) is 1.13. The van der Waals surface area contributed by atoms with Gasteiger partial charge >= 0.3 is 5.97 Å². The van der Waals surface area contributed by atoms with Crippen LogP contribution >= 0.6 is 0 Å². The molecule has 0 atom stereocenters. The van der Waals surface area contributed by atoms with Gasteiger partial charge in [-0.25, -0.2) is 0 Å². The number of carbonyl (C=O) groups is 2. The van der Waals surface area contributed by atoms with E-state index in [1.807, 2.05) is 24.0 Å². The number of hydrogen-bond acceptors (Lipinski definition) is 4. The van der Waals surface area contributed by atoms with Crippen LogP contribution < -0.4 is 10.6 Å². The summed E-state index contributed by atoms with van der Waals surface area (Å²) < 4.78 is 0. The average Bonchev–Trinajstić information content (AvgIpc) is 2.39. The van der Waals surface area contributed by atoms with Crippen LogP contribution in [0, 0.1) is 0 Å². The van der Waals surface area contributed by atoms with Gasteiger partial charge in [0, 0.05) is 24.3 Å². The van der Waals surface area contributed by atoms with Gasteiger partial charge in [0.15, 0.2) is 5.78 Å². The Balaban J connectivity index is 2.75. The van der Waals surface area contributed by atoms with Crippen molar-refractivity contribution >= 4 is 17.4 Å². The molecule has 0 aliphatic rings. The highest BCUT2D eigenvalue weighted by Crippen LogP contribution is 2.15. The van der Waals surface area contributed by atoms with Gasteiger partial charge in [-0.15, -0.1) is 0 Å². The van der Waals surface area contributed by atoms with E-state index in [4.69, 9.17) is 10.8 Å². The molecule has 18 heavy (non-hydrogen) atoms. The number of rotatable bonds is 7. The van der Waals surface area contributed by atoms with Crippen molar-refractivity contribution in [3.63, 3.8) is 0 Å². The standard InChI is InChI=1S/C13H18N2O3/c1-2-15(8-7-13(17)18)11-5-3-10(4-6-11)12(16)9-14/h3-6H,2,7-9,14H2,1H3,(H,17,18). The fraction of sp³-hybridized carbons (Fsp3) is 0.385. The largest absolute Gasteiger partial charge is 0.481 e. The summed E-state index contributed by atoms with van der Waals surface area (Å²) in [4.78, 5) is 23.9. The normalized spacial score (nSPS) is 10.1. The van der Waals surface area contributed by atoms with Crippen molar-refractivity contribution in [2.45, 2.75) is 13.3 Å². The second-order valence-electron chi connectivity index (χ2n) is 3.90. The molecule has 1 aromatic carbocycles. The van der Waals surface area contributed by atoms with Gasteiger partial charge in [0.05, 0.1) is 13.0 Å². The van der Waals surface area contributed by atoms with Crippen LogP contribution in [0.25, 0.3) is 0 Å². The minimum absolute atomic E-state index is 0.00411. The first kappa shape index (κ1) is 14.2. The molecule has 0 aliphatic carbocycles. The molecule has 0 saturated heterocycles. The average molecular weight is 250 g/mol. The molecule has 5 heteroatoms. The number of carbonyl (C=O) groups excluding carboxylic acids is 1. The molecule has 5 nitrogen and oxygen atoms in total. The molecule has 0 bridgehead atoms. The Morgan fingerprint density at radius 3 is 2.33 bits per heavy atom. The number of anilines is 1. The lowest BCUT2D eigenvalue weighted by atomic mass is 10.1. The van der Waals surface area contributed by atoms with E-state index >= 15 is 0 Å². The third kappa shape index (κ3) is 3.85. The second-order valence-corrected chi connectivity index (χ2v) is 3.90. The van der Waals surface area contributed by atoms with E-state index in [-0.39, 0.29) is 18.7 Å². The van der Waals surface area contributed by atoms with E-state index in [0.717, 1.165) is 12.2 Å². The number of carboxylic acids is 1. The molecule has 0 aromatic heterocycles. The Morgan fingerprint density at radius 1 is 1.28 bits per heavy atom. The van der Waals surface area contributed by atoms with Crippen molar-refractivity contribution in [2.24, 2.45) is 5.73 Å². The first-order valence-electron chi connectivity index (χ1n) is 5.88. The molecule has 1 aromatic rings. The van der Waals surface area contributed by atoms with E-state index in [2.05, 4.69) is 0 Å². The lowest BCUT2D eigenvalue weighted by Crippen LogP contribution is -2.25. The zero-order chi connectivity index (χ0) is 13.5. The molecule has 0 spiro atoms. The second kappa shape index (κ2) is 6.76. The van der Waals surface area contributed by atoms with Crippen molar-refractivity contribution in [2.75, 3.05) is 24.5 Å². The first-order valence-corrected chi connectivity index (χ1v) is 5.88. The highest BCUT2D eigenvalue weighted by Gasteiger charge is 2.08. The third-order valence-corrected chi connectivity index (χ3v) is 2.72. The molecule has 3 N–H and O–H groups in total. The van der Waals surface area contributed by atoms with Gasteiger partial charge in [-0.3, -0.25) is 9.59 Å². The van der Waals surface area contributed by atoms with Gasteiger partial charge in [0.25, 0.3) is 0 Å². The molecule has 1 rings (SSSR count). The summed E-state index contributed by atoms with van der Waals surface area (Å²) in [5.41, 5.74) is 6.77. The minimum atomic E-state index is -0.816. The first-order chi connectivity index (χ1) is 8.58. The van der Waals surface area contributed by atoms with Crippen molar-refractivity contribution in [1.29, 1.82) is 0 Å². The van der Waals surface area contributed by atoms with Gasteiger partial charge in [-0.1, -0.05) is 0 Å². The van der Waals surface area contributed by atoms with Crippen LogP contribution in [0.2, 0.25) is 0 Å². The maximum atomic E-state index is 11.4. The molecule has 0 saturated carbocycles. The summed E-state index contributed by atoms with van der Waals surface area (Å²) in [7, 11) is 0. The minimum Gasteiger partial charge on any atom is -0.481 e. The molecule has 0 aliphatic heterocycles. The summed E-state index contributed by atoms with van der Waals surface area (Å²) in [5.74, 6) is -0.918. The lowest BCUT2D eigenvalue weighted by Gasteiger charge is -2.22. The van der Waals surface area contributed by atoms with Crippen molar-refractivity contribution in [1.82, 2.24) is 0 Å². The Morgan fingerprint density at radius 2 is 1.89 bits per heavy atom. The molecule has 98 valence electrons. The zero-order valence-corrected chi connectivity index (χ0v) is 10.4. The topological polar surface area (TPSA) is 83.6 Å². The van der Waals surface area contributed by atoms with Crippen molar-refractivity contribution in [3.8, 4) is 0 Å². The fourth-order valence-electron chi connectivity index (χ4n) is 1.68. The Kier molecular flexibility index (Phi) is 5.32. The summed E-state index contributed by atoms with van der Waals surface area (Å²) in [5, 5.41) is 8.67. The van der Waals surface area contributed by atoms with Crippen molar-refractivity contribution in [3.05, 3.63) is 29.8 Å². The number of nitrogens with two attached hydrogens (primary N) is 1. The van der Waals surface area contributed by atoms with E-state index in [1.165, 1.54) is 0 Å². The van der Waals surface area contributed by atoms with E-state index in [9.17, 15) is 9.59 Å². The van der Waals surface area contributed by atoms with Gasteiger partial charge in [-0.2, -0.15) is 0 Å². The van der Waals surface area contributed by atoms with Gasteiger partial charge < -0.3 is 15.7 Å². The van der Waals surface area contributed by atoms with E-state index in [0.29, 0.717) is 12.1 Å². The van der Waals surface area contributed by atoms with Crippen LogP contribution in [-0.4, -0.2) is 36.5 Å². The summed E-state index contributed by atoms with van der Waals surface area (Å²) in [6, 6.07) is 7.06. The quantitative estimate of drug-likeness (QED) is 0.709. The zero-order valence-electron chi connectivity index (χ0n) is 10.4. The van der Waals surface area contributed by atoms with Crippen molar-refractivity contribution < 1.29 is 14.7 Å². The lowest BCUT2D eigenvalue weighted by molar-refractivity contribution is -0.136. The van der Waals surface area contributed by atoms with Crippen LogP contribution in [0.1, 0.15) is 23.7 Å². The molecule has 0 fully saturated rings. The number of carboxylic acid groups (broad SMARTS) is 1. The number of nitrogens with zero attached hydrogens (tertiary/aromatic N) is 1. The van der Waals surface area contributed by atoms with E-state index in [1.54, 1.807) is 12.1 Å². The Labute approximate surface area is 106 Å². The van der Waals surface area contributed by atoms with Gasteiger partial charge in [0.1, 0.15) is 0 Å². The molecular formula is C13H18N2O3. The molecule has 0 unspecified atom stereocenters. The van der Waals surface area contributed by atoms with Gasteiger partial charge in [0.2, 0.25) is 0 Å². The Bertz CT molecular complexity index is 415. The van der Waals surface area contributed by atoms with Gasteiger partial charge in [-0.05, 0) is 31.2 Å². The summed E-state index contributed by atoms with van der Waals surface area (Å²) >= 11 is 0. The predicted molar refractivity (Wildman–Crippen MR) is 70.0 cm³/mol. The van der Waals surface area contributed by atoms with Crippen LogP contribution in [0.3, 0.4) is 0 Å².